The molecule has 1 aromatic rings. The summed E-state index contributed by atoms with van der Waals surface area (Å²) in [6.07, 6.45) is 0.00573. The molecule has 20 heavy (non-hydrogen) atoms. The molecule has 1 aliphatic heterocycles. The predicted molar refractivity (Wildman–Crippen MR) is 83.3 cm³/mol. The lowest BCUT2D eigenvalue weighted by atomic mass is 10.1. The number of carboxylic acid groups (broad SMARTS) is 1. The fraction of sp³-hybridized carbons (Fsp3) is 0.429. The highest BCUT2D eigenvalue weighted by Crippen LogP contribution is 2.23. The molecule has 1 heterocycles. The topological polar surface area (TPSA) is 57.6 Å². The Labute approximate surface area is 130 Å². The molecule has 108 valence electrons. The molecule has 0 radical (unpaired) electrons. The number of carboxylic acids is 1. The minimum atomic E-state index is -0.861. The Balaban J connectivity index is 2.20. The van der Waals surface area contributed by atoms with E-state index in [2.05, 4.69) is 15.9 Å². The van der Waals surface area contributed by atoms with Gasteiger partial charge < -0.3 is 10.0 Å². The van der Waals surface area contributed by atoms with Crippen LogP contribution in [0.3, 0.4) is 0 Å². The first kappa shape index (κ1) is 15.4. The van der Waals surface area contributed by atoms with Gasteiger partial charge in [0.25, 0.3) is 5.91 Å². The monoisotopic (exact) mass is 357 g/mol. The molecule has 4 nitrogen and oxygen atoms in total. The number of aliphatic carboxylic acids is 1. The minimum absolute atomic E-state index is 0.00573. The fourth-order valence-corrected chi connectivity index (χ4v) is 3.63. The van der Waals surface area contributed by atoms with Crippen LogP contribution in [-0.4, -0.2) is 46.0 Å². The average molecular weight is 358 g/mol. The highest BCUT2D eigenvalue weighted by molar-refractivity contribution is 9.10. The van der Waals surface area contributed by atoms with Gasteiger partial charge in [0.05, 0.1) is 12.5 Å². The van der Waals surface area contributed by atoms with E-state index in [-0.39, 0.29) is 18.4 Å². The number of halogens is 1. The molecule has 1 unspecified atom stereocenters. The van der Waals surface area contributed by atoms with E-state index < -0.39 is 5.97 Å². The molecular weight excluding hydrogens is 342 g/mol. The molecule has 0 saturated carbocycles. The highest BCUT2D eigenvalue weighted by atomic mass is 79.9. The largest absolute Gasteiger partial charge is 0.481 e. The minimum Gasteiger partial charge on any atom is -0.481 e. The standard InChI is InChI=1S/C14H16BrNO3S/c1-9-2-3-10(6-12(9)15)14(19)16-4-5-20-8-11(16)7-13(17)18/h2-3,6,11H,4-5,7-8H2,1H3,(H,17,18). The van der Waals surface area contributed by atoms with Crippen LogP contribution in [0.4, 0.5) is 0 Å². The van der Waals surface area contributed by atoms with Gasteiger partial charge >= 0.3 is 5.97 Å². The molecule has 1 amide bonds. The lowest BCUT2D eigenvalue weighted by molar-refractivity contribution is -0.138. The lowest BCUT2D eigenvalue weighted by Gasteiger charge is -2.34. The van der Waals surface area contributed by atoms with Crippen LogP contribution in [-0.2, 0) is 4.79 Å². The van der Waals surface area contributed by atoms with Crippen molar-refractivity contribution in [2.24, 2.45) is 0 Å². The number of amides is 1. The zero-order valence-corrected chi connectivity index (χ0v) is 13.5. The lowest BCUT2D eigenvalue weighted by Crippen LogP contribution is -2.47. The maximum absolute atomic E-state index is 12.6. The number of benzene rings is 1. The number of hydrogen-bond donors (Lipinski definition) is 1. The summed E-state index contributed by atoms with van der Waals surface area (Å²) in [5, 5.41) is 8.96. The third-order valence-electron chi connectivity index (χ3n) is 3.32. The van der Waals surface area contributed by atoms with Gasteiger partial charge in [-0.15, -0.1) is 0 Å². The normalized spacial score (nSPS) is 18.9. The van der Waals surface area contributed by atoms with Crippen molar-refractivity contribution in [3.05, 3.63) is 33.8 Å². The second kappa shape index (κ2) is 6.63. The third kappa shape index (κ3) is 3.55. The smallest absolute Gasteiger partial charge is 0.305 e. The molecular formula is C14H16BrNO3S. The molecule has 1 aliphatic rings. The SMILES string of the molecule is Cc1ccc(C(=O)N2CCSCC2CC(=O)O)cc1Br. The molecule has 1 saturated heterocycles. The summed E-state index contributed by atoms with van der Waals surface area (Å²) in [6.45, 7) is 2.57. The Bertz CT molecular complexity index is 535. The fourth-order valence-electron chi connectivity index (χ4n) is 2.18. The van der Waals surface area contributed by atoms with E-state index >= 15 is 0 Å². The predicted octanol–water partition coefficient (Wildman–Crippen LogP) is 2.79. The van der Waals surface area contributed by atoms with E-state index in [0.29, 0.717) is 17.9 Å². The molecule has 1 fully saturated rings. The van der Waals surface area contributed by atoms with Crippen LogP contribution < -0.4 is 0 Å². The number of aryl methyl sites for hydroxylation is 1. The summed E-state index contributed by atoms with van der Waals surface area (Å²) in [7, 11) is 0. The Morgan fingerprint density at radius 1 is 1.50 bits per heavy atom. The van der Waals surface area contributed by atoms with Crippen LogP contribution in [0.2, 0.25) is 0 Å². The Kier molecular flexibility index (Phi) is 5.10. The van der Waals surface area contributed by atoms with Gasteiger partial charge in [0.2, 0.25) is 0 Å². The van der Waals surface area contributed by atoms with Gasteiger partial charge in [-0.1, -0.05) is 22.0 Å². The van der Waals surface area contributed by atoms with Crippen molar-refractivity contribution in [2.45, 2.75) is 19.4 Å². The summed E-state index contributed by atoms with van der Waals surface area (Å²) in [5.41, 5.74) is 1.67. The van der Waals surface area contributed by atoms with Crippen molar-refractivity contribution < 1.29 is 14.7 Å². The molecule has 2 rings (SSSR count). The molecule has 0 aliphatic carbocycles. The second-order valence-electron chi connectivity index (χ2n) is 4.79. The number of rotatable bonds is 3. The van der Waals surface area contributed by atoms with E-state index in [4.69, 9.17) is 5.11 Å². The number of hydrogen-bond acceptors (Lipinski definition) is 3. The first-order valence-electron chi connectivity index (χ1n) is 6.35. The molecule has 6 heteroatoms. The molecule has 0 aromatic heterocycles. The maximum Gasteiger partial charge on any atom is 0.305 e. The summed E-state index contributed by atoms with van der Waals surface area (Å²) in [6, 6.07) is 5.26. The Morgan fingerprint density at radius 3 is 2.90 bits per heavy atom. The Morgan fingerprint density at radius 2 is 2.25 bits per heavy atom. The molecule has 1 atom stereocenters. The van der Waals surface area contributed by atoms with Gasteiger partial charge in [0.1, 0.15) is 0 Å². The van der Waals surface area contributed by atoms with Crippen LogP contribution in [0.15, 0.2) is 22.7 Å². The van der Waals surface area contributed by atoms with E-state index in [1.165, 1.54) is 0 Å². The van der Waals surface area contributed by atoms with E-state index in [9.17, 15) is 9.59 Å². The summed E-state index contributed by atoms with van der Waals surface area (Å²) >= 11 is 5.13. The van der Waals surface area contributed by atoms with Crippen LogP contribution in [0.5, 0.6) is 0 Å². The average Bonchev–Trinajstić information content (AvgIpc) is 2.41. The van der Waals surface area contributed by atoms with Crippen molar-refractivity contribution >= 4 is 39.6 Å². The summed E-state index contributed by atoms with van der Waals surface area (Å²) in [4.78, 5) is 25.2. The highest BCUT2D eigenvalue weighted by Gasteiger charge is 2.29. The van der Waals surface area contributed by atoms with Gasteiger partial charge in [0, 0.05) is 28.1 Å². The van der Waals surface area contributed by atoms with Gasteiger partial charge in [0.15, 0.2) is 0 Å². The van der Waals surface area contributed by atoms with Crippen LogP contribution >= 0.6 is 27.7 Å². The number of thioether (sulfide) groups is 1. The maximum atomic E-state index is 12.6. The van der Waals surface area contributed by atoms with E-state index in [0.717, 1.165) is 15.8 Å². The molecule has 1 N–H and O–H groups in total. The number of nitrogens with zero attached hydrogens (tertiary/aromatic N) is 1. The first-order chi connectivity index (χ1) is 9.49. The summed E-state index contributed by atoms with van der Waals surface area (Å²) < 4.78 is 0.893. The van der Waals surface area contributed by atoms with Gasteiger partial charge in [-0.05, 0) is 24.6 Å². The van der Waals surface area contributed by atoms with Crippen molar-refractivity contribution in [3.63, 3.8) is 0 Å². The summed E-state index contributed by atoms with van der Waals surface area (Å²) in [5.74, 6) is 0.595. The van der Waals surface area contributed by atoms with Crippen molar-refractivity contribution in [3.8, 4) is 0 Å². The van der Waals surface area contributed by atoms with Crippen molar-refractivity contribution in [1.82, 2.24) is 4.90 Å². The van der Waals surface area contributed by atoms with E-state index in [1.54, 1.807) is 28.8 Å². The quantitative estimate of drug-likeness (QED) is 0.903. The first-order valence-corrected chi connectivity index (χ1v) is 8.30. The zero-order chi connectivity index (χ0) is 14.7. The van der Waals surface area contributed by atoms with Gasteiger partial charge in [-0.25, -0.2) is 0 Å². The van der Waals surface area contributed by atoms with Crippen molar-refractivity contribution in [1.29, 1.82) is 0 Å². The number of carbonyl (C=O) groups is 2. The van der Waals surface area contributed by atoms with E-state index in [1.807, 2.05) is 13.0 Å². The van der Waals surface area contributed by atoms with Crippen LogP contribution in [0.25, 0.3) is 0 Å². The van der Waals surface area contributed by atoms with Crippen LogP contribution in [0, 0.1) is 6.92 Å². The molecule has 0 spiro atoms. The molecule has 0 bridgehead atoms. The second-order valence-corrected chi connectivity index (χ2v) is 6.79. The number of carbonyl (C=O) groups excluding carboxylic acids is 1. The van der Waals surface area contributed by atoms with Crippen LogP contribution in [0.1, 0.15) is 22.3 Å². The van der Waals surface area contributed by atoms with Crippen molar-refractivity contribution in [2.75, 3.05) is 18.1 Å². The van der Waals surface area contributed by atoms with Gasteiger partial charge in [-0.3, -0.25) is 9.59 Å². The zero-order valence-electron chi connectivity index (χ0n) is 11.1. The van der Waals surface area contributed by atoms with Gasteiger partial charge in [-0.2, -0.15) is 11.8 Å². The Hall–Kier alpha value is -1.01. The molecule has 1 aromatic carbocycles. The third-order valence-corrected chi connectivity index (χ3v) is 5.26.